The van der Waals surface area contributed by atoms with Gasteiger partial charge in [-0.05, 0) is 30.2 Å². The smallest absolute Gasteiger partial charge is 0.269 e. The minimum atomic E-state index is -0.659. The van der Waals surface area contributed by atoms with Gasteiger partial charge in [0, 0.05) is 11.1 Å². The number of imide groups is 1. The molecule has 2 aromatic carbocycles. The van der Waals surface area contributed by atoms with Crippen molar-refractivity contribution in [2.24, 2.45) is 0 Å². The predicted octanol–water partition coefficient (Wildman–Crippen LogP) is 0.981. The molecule has 3 rings (SSSR count). The molecule has 0 atom stereocenters. The number of nitrogens with zero attached hydrogens (tertiary/aromatic N) is 1. The van der Waals surface area contributed by atoms with Gasteiger partial charge in [0.15, 0.2) is 0 Å². The van der Waals surface area contributed by atoms with Gasteiger partial charge in [0.25, 0.3) is 17.7 Å². The zero-order chi connectivity index (χ0) is 18.7. The molecule has 0 spiro atoms. The minimum absolute atomic E-state index is 0.0603. The van der Waals surface area contributed by atoms with E-state index in [1.807, 2.05) is 0 Å². The van der Waals surface area contributed by atoms with Gasteiger partial charge in [-0.25, -0.2) is 0 Å². The predicted molar refractivity (Wildman–Crippen MR) is 93.0 cm³/mol. The lowest BCUT2D eigenvalue weighted by atomic mass is 9.98. The molecule has 1 heterocycles. The summed E-state index contributed by atoms with van der Waals surface area (Å²) < 4.78 is 0. The molecular weight excluding hydrogens is 334 g/mol. The van der Waals surface area contributed by atoms with Gasteiger partial charge < -0.3 is 0 Å². The van der Waals surface area contributed by atoms with Crippen LogP contribution in [-0.2, 0) is 16.0 Å². The Kier molecular flexibility index (Phi) is 4.79. The van der Waals surface area contributed by atoms with Gasteiger partial charge in [-0.2, -0.15) is 0 Å². The van der Waals surface area contributed by atoms with Crippen LogP contribution in [0.2, 0.25) is 0 Å². The molecule has 7 nitrogen and oxygen atoms in total. The van der Waals surface area contributed by atoms with Crippen molar-refractivity contribution in [2.75, 3.05) is 6.54 Å². The standard InChI is InChI=1S/C19H17N3O4/c1-12-6-2-4-8-14(12)18(25)21-20-16(23)11-22-17(24)10-13-7-3-5-9-15(13)19(22)26/h2-9H,10-11H2,1H3,(H,20,23)(H,21,25). The van der Waals surface area contributed by atoms with Gasteiger partial charge in [0.1, 0.15) is 6.54 Å². The molecule has 4 amide bonds. The van der Waals surface area contributed by atoms with Crippen molar-refractivity contribution >= 4 is 23.6 Å². The van der Waals surface area contributed by atoms with Crippen LogP contribution >= 0.6 is 0 Å². The topological polar surface area (TPSA) is 95.6 Å². The molecule has 1 aliphatic rings. The average Bonchev–Trinajstić information content (AvgIpc) is 2.63. The van der Waals surface area contributed by atoms with Crippen molar-refractivity contribution in [3.8, 4) is 0 Å². The van der Waals surface area contributed by atoms with Crippen LogP contribution in [0.4, 0.5) is 0 Å². The molecule has 2 aromatic rings. The minimum Gasteiger partial charge on any atom is -0.274 e. The Hall–Kier alpha value is -3.48. The first kappa shape index (κ1) is 17.3. The summed E-state index contributed by atoms with van der Waals surface area (Å²) in [5.74, 6) is -2.10. The Morgan fingerprint density at radius 1 is 1.00 bits per heavy atom. The summed E-state index contributed by atoms with van der Waals surface area (Å²) in [5, 5.41) is 0. The van der Waals surface area contributed by atoms with E-state index in [-0.39, 0.29) is 6.42 Å². The molecule has 0 bridgehead atoms. The summed E-state index contributed by atoms with van der Waals surface area (Å²) in [5.41, 5.74) is 6.76. The van der Waals surface area contributed by atoms with Gasteiger partial charge in [-0.15, -0.1) is 0 Å². The van der Waals surface area contributed by atoms with E-state index in [2.05, 4.69) is 10.9 Å². The normalized spacial score (nSPS) is 13.2. The highest BCUT2D eigenvalue weighted by Gasteiger charge is 2.32. The summed E-state index contributed by atoms with van der Waals surface area (Å²) in [4.78, 5) is 49.6. The Morgan fingerprint density at radius 2 is 1.69 bits per heavy atom. The zero-order valence-electron chi connectivity index (χ0n) is 14.1. The first-order valence-corrected chi connectivity index (χ1v) is 8.05. The third-order valence-corrected chi connectivity index (χ3v) is 4.14. The van der Waals surface area contributed by atoms with Crippen molar-refractivity contribution < 1.29 is 19.2 Å². The lowest BCUT2D eigenvalue weighted by Gasteiger charge is -2.26. The van der Waals surface area contributed by atoms with Crippen molar-refractivity contribution in [1.29, 1.82) is 0 Å². The van der Waals surface area contributed by atoms with Crippen LogP contribution in [-0.4, -0.2) is 35.1 Å². The van der Waals surface area contributed by atoms with E-state index in [1.54, 1.807) is 55.5 Å². The number of fused-ring (bicyclic) bond motifs is 1. The number of rotatable bonds is 3. The van der Waals surface area contributed by atoms with E-state index in [4.69, 9.17) is 0 Å². The number of hydrogen-bond acceptors (Lipinski definition) is 4. The number of aryl methyl sites for hydroxylation is 1. The Bertz CT molecular complexity index is 907. The Labute approximate surface area is 150 Å². The van der Waals surface area contributed by atoms with Crippen LogP contribution in [0.3, 0.4) is 0 Å². The number of carbonyl (C=O) groups excluding carboxylic acids is 4. The fourth-order valence-corrected chi connectivity index (χ4v) is 2.76. The largest absolute Gasteiger partial charge is 0.274 e. The van der Waals surface area contributed by atoms with E-state index in [9.17, 15) is 19.2 Å². The van der Waals surface area contributed by atoms with Crippen molar-refractivity contribution in [1.82, 2.24) is 15.8 Å². The third kappa shape index (κ3) is 3.46. The number of hydrazine groups is 1. The van der Waals surface area contributed by atoms with Gasteiger partial charge in [0.2, 0.25) is 5.91 Å². The van der Waals surface area contributed by atoms with E-state index in [1.165, 1.54) is 0 Å². The molecule has 0 saturated carbocycles. The second-order valence-electron chi connectivity index (χ2n) is 5.94. The number of benzene rings is 2. The van der Waals surface area contributed by atoms with E-state index in [0.717, 1.165) is 10.5 Å². The van der Waals surface area contributed by atoms with Crippen LogP contribution in [0.25, 0.3) is 0 Å². The SMILES string of the molecule is Cc1ccccc1C(=O)NNC(=O)CN1C(=O)Cc2ccccc2C1=O. The Morgan fingerprint density at radius 3 is 2.46 bits per heavy atom. The molecule has 7 heteroatoms. The second kappa shape index (κ2) is 7.18. The van der Waals surface area contributed by atoms with E-state index >= 15 is 0 Å². The van der Waals surface area contributed by atoms with Crippen molar-refractivity contribution in [3.63, 3.8) is 0 Å². The molecule has 26 heavy (non-hydrogen) atoms. The third-order valence-electron chi connectivity index (χ3n) is 4.14. The quantitative estimate of drug-likeness (QED) is 0.636. The highest BCUT2D eigenvalue weighted by Crippen LogP contribution is 2.19. The summed E-state index contributed by atoms with van der Waals surface area (Å²) in [6.45, 7) is 1.32. The number of amides is 4. The van der Waals surface area contributed by atoms with Crippen molar-refractivity contribution in [2.45, 2.75) is 13.3 Å². The average molecular weight is 351 g/mol. The molecule has 132 valence electrons. The lowest BCUT2D eigenvalue weighted by Crippen LogP contribution is -2.51. The molecule has 0 radical (unpaired) electrons. The maximum atomic E-state index is 12.4. The van der Waals surface area contributed by atoms with Gasteiger partial charge in [-0.3, -0.25) is 34.9 Å². The van der Waals surface area contributed by atoms with Gasteiger partial charge >= 0.3 is 0 Å². The van der Waals surface area contributed by atoms with Crippen LogP contribution in [0.1, 0.15) is 31.8 Å². The number of hydrogen-bond donors (Lipinski definition) is 2. The van der Waals surface area contributed by atoms with E-state index < -0.39 is 30.2 Å². The molecule has 0 aliphatic carbocycles. The first-order valence-electron chi connectivity index (χ1n) is 8.05. The summed E-state index contributed by atoms with van der Waals surface area (Å²) in [6.07, 6.45) is 0.0603. The maximum Gasteiger partial charge on any atom is 0.269 e. The Balaban J connectivity index is 1.62. The van der Waals surface area contributed by atoms with E-state index in [0.29, 0.717) is 16.7 Å². The molecule has 0 aromatic heterocycles. The number of nitrogens with one attached hydrogen (secondary N) is 2. The monoisotopic (exact) mass is 351 g/mol. The summed E-state index contributed by atoms with van der Waals surface area (Å²) >= 11 is 0. The molecule has 1 aliphatic heterocycles. The van der Waals surface area contributed by atoms with Gasteiger partial charge in [-0.1, -0.05) is 36.4 Å². The highest BCUT2D eigenvalue weighted by molar-refractivity contribution is 6.11. The molecule has 0 unspecified atom stereocenters. The second-order valence-corrected chi connectivity index (χ2v) is 5.94. The summed E-state index contributed by atoms with van der Waals surface area (Å²) in [6, 6.07) is 13.7. The van der Waals surface area contributed by atoms with Crippen LogP contribution in [0, 0.1) is 6.92 Å². The van der Waals surface area contributed by atoms with Gasteiger partial charge in [0.05, 0.1) is 6.42 Å². The van der Waals surface area contributed by atoms with Crippen molar-refractivity contribution in [3.05, 3.63) is 70.8 Å². The van der Waals surface area contributed by atoms with Crippen LogP contribution in [0.5, 0.6) is 0 Å². The number of carbonyl (C=O) groups is 4. The molecular formula is C19H17N3O4. The van der Waals surface area contributed by atoms with Crippen LogP contribution < -0.4 is 10.9 Å². The first-order chi connectivity index (χ1) is 12.5. The zero-order valence-corrected chi connectivity index (χ0v) is 14.1. The molecule has 2 N–H and O–H groups in total. The fraction of sp³-hybridized carbons (Fsp3) is 0.158. The maximum absolute atomic E-state index is 12.4. The molecule has 0 saturated heterocycles. The molecule has 0 fully saturated rings. The summed E-state index contributed by atoms with van der Waals surface area (Å²) in [7, 11) is 0. The highest BCUT2D eigenvalue weighted by atomic mass is 16.2. The fourth-order valence-electron chi connectivity index (χ4n) is 2.76. The van der Waals surface area contributed by atoms with Crippen LogP contribution in [0.15, 0.2) is 48.5 Å². The lowest BCUT2D eigenvalue weighted by molar-refractivity contribution is -0.133.